The Balaban J connectivity index is 1.70. The van der Waals surface area contributed by atoms with Crippen molar-refractivity contribution in [1.82, 2.24) is 14.9 Å². The summed E-state index contributed by atoms with van der Waals surface area (Å²) in [7, 11) is 1.80. The standard InChI is InChI=1S/C23H23FN4O3/c1-3-31-20(29)12-9-16-7-10-19(11-8-16)26-23(30)27-21(22-25-13-14-28(22)2)17-5-4-6-18(24)15-17/h4-15,21H,3H2,1-2H3,(H2,26,27,30)/b12-9-/t21-/m1/s1. The summed E-state index contributed by atoms with van der Waals surface area (Å²) in [6, 6.07) is 11.9. The van der Waals surface area contributed by atoms with Gasteiger partial charge in [0, 0.05) is 31.2 Å². The normalized spacial score (nSPS) is 11.8. The van der Waals surface area contributed by atoms with Crippen LogP contribution in [0.3, 0.4) is 0 Å². The third-order valence-electron chi connectivity index (χ3n) is 4.44. The number of anilines is 1. The van der Waals surface area contributed by atoms with Crippen LogP contribution in [-0.4, -0.2) is 28.2 Å². The molecule has 0 fully saturated rings. The lowest BCUT2D eigenvalue weighted by atomic mass is 10.1. The molecule has 0 aliphatic carbocycles. The summed E-state index contributed by atoms with van der Waals surface area (Å²) in [5.41, 5.74) is 1.91. The van der Waals surface area contributed by atoms with Crippen molar-refractivity contribution in [1.29, 1.82) is 0 Å². The quantitative estimate of drug-likeness (QED) is 0.444. The fourth-order valence-corrected chi connectivity index (χ4v) is 2.97. The van der Waals surface area contributed by atoms with Crippen molar-refractivity contribution >= 4 is 23.8 Å². The van der Waals surface area contributed by atoms with Gasteiger partial charge in [-0.15, -0.1) is 0 Å². The molecule has 31 heavy (non-hydrogen) atoms. The van der Waals surface area contributed by atoms with Gasteiger partial charge in [-0.3, -0.25) is 0 Å². The number of nitrogens with one attached hydrogen (secondary N) is 2. The van der Waals surface area contributed by atoms with E-state index in [-0.39, 0.29) is 0 Å². The summed E-state index contributed by atoms with van der Waals surface area (Å²) in [5, 5.41) is 5.60. The van der Waals surface area contributed by atoms with Gasteiger partial charge in [0.05, 0.1) is 6.61 Å². The smallest absolute Gasteiger partial charge is 0.330 e. The maximum Gasteiger partial charge on any atom is 0.330 e. The van der Waals surface area contributed by atoms with E-state index in [0.29, 0.717) is 23.7 Å². The molecule has 2 N–H and O–H groups in total. The minimum absolute atomic E-state index is 0.316. The van der Waals surface area contributed by atoms with Crippen LogP contribution in [0.5, 0.6) is 0 Å². The second-order valence-corrected chi connectivity index (χ2v) is 6.69. The van der Waals surface area contributed by atoms with Gasteiger partial charge in [-0.05, 0) is 48.4 Å². The Hall–Kier alpha value is -3.94. The molecule has 1 atom stereocenters. The zero-order valence-corrected chi connectivity index (χ0v) is 17.2. The van der Waals surface area contributed by atoms with Gasteiger partial charge >= 0.3 is 12.0 Å². The SMILES string of the molecule is CCOC(=O)/C=C\c1ccc(NC(=O)N[C@H](c2cccc(F)c2)c2nccn2C)cc1. The number of rotatable bonds is 7. The minimum Gasteiger partial charge on any atom is -0.463 e. The molecule has 1 heterocycles. The van der Waals surface area contributed by atoms with Crippen molar-refractivity contribution in [2.75, 3.05) is 11.9 Å². The fraction of sp³-hybridized carbons (Fsp3) is 0.174. The van der Waals surface area contributed by atoms with Crippen LogP contribution >= 0.6 is 0 Å². The van der Waals surface area contributed by atoms with E-state index in [4.69, 9.17) is 4.74 Å². The van der Waals surface area contributed by atoms with Gasteiger partial charge in [0.25, 0.3) is 0 Å². The highest BCUT2D eigenvalue weighted by atomic mass is 19.1. The number of carbonyl (C=O) groups is 2. The summed E-state index contributed by atoms with van der Waals surface area (Å²) in [4.78, 5) is 28.3. The van der Waals surface area contributed by atoms with Crippen LogP contribution in [-0.2, 0) is 16.6 Å². The van der Waals surface area contributed by atoms with Gasteiger partial charge in [0.1, 0.15) is 17.7 Å². The summed E-state index contributed by atoms with van der Waals surface area (Å²) < 4.78 is 20.4. The molecule has 0 saturated heterocycles. The molecule has 2 amide bonds. The Bertz CT molecular complexity index is 1080. The van der Waals surface area contributed by atoms with Crippen molar-refractivity contribution in [3.8, 4) is 0 Å². The average Bonchev–Trinajstić information content (AvgIpc) is 3.17. The molecule has 0 spiro atoms. The van der Waals surface area contributed by atoms with Crippen LogP contribution in [0.2, 0.25) is 0 Å². The molecule has 3 aromatic rings. The van der Waals surface area contributed by atoms with Crippen LogP contribution in [0.25, 0.3) is 6.08 Å². The van der Waals surface area contributed by atoms with E-state index in [1.54, 1.807) is 73.4 Å². The number of aromatic nitrogens is 2. The predicted octanol–water partition coefficient (Wildman–Crippen LogP) is 4.05. The monoisotopic (exact) mass is 422 g/mol. The number of esters is 1. The van der Waals surface area contributed by atoms with Gasteiger partial charge in [-0.25, -0.2) is 19.0 Å². The van der Waals surface area contributed by atoms with Crippen LogP contribution in [0.1, 0.15) is 29.9 Å². The molecule has 0 bridgehead atoms. The number of benzene rings is 2. The first-order valence-corrected chi connectivity index (χ1v) is 9.71. The maximum atomic E-state index is 13.8. The number of aryl methyl sites for hydroxylation is 1. The lowest BCUT2D eigenvalue weighted by Crippen LogP contribution is -2.34. The van der Waals surface area contributed by atoms with Crippen molar-refractivity contribution in [2.45, 2.75) is 13.0 Å². The minimum atomic E-state index is -0.637. The van der Waals surface area contributed by atoms with Crippen molar-refractivity contribution in [2.24, 2.45) is 7.05 Å². The second kappa shape index (κ2) is 10.2. The molecule has 2 aromatic carbocycles. The molecule has 1 aromatic heterocycles. The van der Waals surface area contributed by atoms with E-state index < -0.39 is 23.9 Å². The third kappa shape index (κ3) is 6.02. The number of ether oxygens (including phenoxy) is 1. The molecule has 0 aliphatic heterocycles. The van der Waals surface area contributed by atoms with Crippen molar-refractivity contribution < 1.29 is 18.7 Å². The molecule has 0 saturated carbocycles. The third-order valence-corrected chi connectivity index (χ3v) is 4.44. The van der Waals surface area contributed by atoms with Crippen LogP contribution < -0.4 is 10.6 Å². The van der Waals surface area contributed by atoms with E-state index in [0.717, 1.165) is 5.56 Å². The number of hydrogen-bond acceptors (Lipinski definition) is 4. The summed E-state index contributed by atoms with van der Waals surface area (Å²) in [5.74, 6) is -0.243. The van der Waals surface area contributed by atoms with Crippen molar-refractivity contribution in [3.63, 3.8) is 0 Å². The number of carbonyl (C=O) groups excluding carboxylic acids is 2. The van der Waals surface area contributed by atoms with Crippen LogP contribution in [0.4, 0.5) is 14.9 Å². The van der Waals surface area contributed by atoms with Gasteiger partial charge < -0.3 is 19.9 Å². The highest BCUT2D eigenvalue weighted by Gasteiger charge is 2.21. The average molecular weight is 422 g/mol. The Morgan fingerprint density at radius 3 is 2.65 bits per heavy atom. The molecular formula is C23H23FN4O3. The zero-order chi connectivity index (χ0) is 22.2. The number of imidazole rings is 1. The number of hydrogen-bond donors (Lipinski definition) is 2. The first kappa shape index (κ1) is 21.8. The summed E-state index contributed by atoms with van der Waals surface area (Å²) in [6.07, 6.45) is 6.34. The molecule has 160 valence electrons. The van der Waals surface area contributed by atoms with Gasteiger partial charge in [0.15, 0.2) is 0 Å². The maximum absolute atomic E-state index is 13.8. The topological polar surface area (TPSA) is 85.2 Å². The van der Waals surface area contributed by atoms with E-state index in [9.17, 15) is 14.0 Å². The van der Waals surface area contributed by atoms with E-state index in [2.05, 4.69) is 15.6 Å². The van der Waals surface area contributed by atoms with Gasteiger partial charge in [-0.1, -0.05) is 24.3 Å². The highest BCUT2D eigenvalue weighted by Crippen LogP contribution is 2.21. The molecule has 0 unspecified atom stereocenters. The molecular weight excluding hydrogens is 399 g/mol. The first-order valence-electron chi connectivity index (χ1n) is 9.71. The fourth-order valence-electron chi connectivity index (χ4n) is 2.97. The highest BCUT2D eigenvalue weighted by molar-refractivity contribution is 5.90. The van der Waals surface area contributed by atoms with E-state index in [1.165, 1.54) is 18.2 Å². The number of halogens is 1. The van der Waals surface area contributed by atoms with Crippen LogP contribution in [0, 0.1) is 5.82 Å². The summed E-state index contributed by atoms with van der Waals surface area (Å²) in [6.45, 7) is 2.06. The lowest BCUT2D eigenvalue weighted by Gasteiger charge is -2.19. The zero-order valence-electron chi connectivity index (χ0n) is 17.2. The molecule has 0 radical (unpaired) electrons. The van der Waals surface area contributed by atoms with E-state index >= 15 is 0 Å². The first-order chi connectivity index (χ1) is 15.0. The second-order valence-electron chi connectivity index (χ2n) is 6.69. The van der Waals surface area contributed by atoms with Crippen LogP contribution in [0.15, 0.2) is 67.0 Å². The van der Waals surface area contributed by atoms with E-state index in [1.807, 2.05) is 0 Å². The lowest BCUT2D eigenvalue weighted by molar-refractivity contribution is -0.137. The number of urea groups is 1. The largest absolute Gasteiger partial charge is 0.463 e. The number of amides is 2. The predicted molar refractivity (Wildman–Crippen MR) is 116 cm³/mol. The Morgan fingerprint density at radius 2 is 2.00 bits per heavy atom. The van der Waals surface area contributed by atoms with Gasteiger partial charge in [0.2, 0.25) is 0 Å². The summed E-state index contributed by atoms with van der Waals surface area (Å²) >= 11 is 0. The van der Waals surface area contributed by atoms with Crippen molar-refractivity contribution in [3.05, 3.63) is 89.8 Å². The Kier molecular flexibility index (Phi) is 7.16. The molecule has 7 nitrogen and oxygen atoms in total. The number of nitrogens with zero attached hydrogens (tertiary/aromatic N) is 2. The Labute approximate surface area is 179 Å². The molecule has 8 heteroatoms. The molecule has 3 rings (SSSR count). The van der Waals surface area contributed by atoms with Gasteiger partial charge in [-0.2, -0.15) is 0 Å². The Morgan fingerprint density at radius 1 is 1.23 bits per heavy atom. The molecule has 0 aliphatic rings.